The average Bonchev–Trinajstić information content (AvgIpc) is 2.76. The molecule has 2 aromatic rings. The van der Waals surface area contributed by atoms with Crippen LogP contribution in [0.25, 0.3) is 0 Å². The average molecular weight is 493 g/mol. The van der Waals surface area contributed by atoms with Crippen LogP contribution in [-0.2, 0) is 25.6 Å². The largest absolute Gasteiger partial charge is 0.416 e. The summed E-state index contributed by atoms with van der Waals surface area (Å²) in [4.78, 5) is 30.3. The van der Waals surface area contributed by atoms with E-state index in [-0.39, 0.29) is 21.7 Å². The molecule has 1 aliphatic rings. The van der Waals surface area contributed by atoms with Gasteiger partial charge in [0.1, 0.15) is 5.57 Å². The number of benzene rings is 2. The topological polar surface area (TPSA) is 92.7 Å². The predicted octanol–water partition coefficient (Wildman–Crippen LogP) is 4.39. The van der Waals surface area contributed by atoms with Crippen LogP contribution < -0.4 is 5.32 Å². The van der Waals surface area contributed by atoms with E-state index in [1.807, 2.05) is 0 Å². The summed E-state index contributed by atoms with van der Waals surface area (Å²) in [5.41, 5.74) is -0.137. The molecule has 2 unspecified atom stereocenters. The Kier molecular flexibility index (Phi) is 7.11. The summed E-state index contributed by atoms with van der Waals surface area (Å²) in [5.74, 6) is -2.47. The lowest BCUT2D eigenvalue weighted by Gasteiger charge is -2.23. The van der Waals surface area contributed by atoms with Crippen LogP contribution in [0, 0.1) is 0 Å². The highest BCUT2D eigenvalue weighted by atomic mass is 32.2. The van der Waals surface area contributed by atoms with Gasteiger partial charge in [0.2, 0.25) is 0 Å². The minimum Gasteiger partial charge on any atom is -0.345 e. The summed E-state index contributed by atoms with van der Waals surface area (Å²) < 4.78 is 62.8. The number of aliphatic imine (C=N–C) groups is 1. The van der Waals surface area contributed by atoms with Crippen molar-refractivity contribution in [2.24, 2.45) is 4.99 Å². The maximum Gasteiger partial charge on any atom is 0.416 e. The van der Waals surface area contributed by atoms with E-state index in [9.17, 15) is 31.2 Å². The Labute approximate surface area is 195 Å². The number of nitrogens with zero attached hydrogens (tertiary/aromatic N) is 1. The number of Topliss-reactive ketones (excluding diaryl/α,β-unsaturated/α-hetero) is 1. The summed E-state index contributed by atoms with van der Waals surface area (Å²) in [6, 6.07) is 9.91. The Hall–Kier alpha value is -3.27. The molecular weight excluding hydrogens is 469 g/mol. The monoisotopic (exact) mass is 492 g/mol. The maximum absolute atomic E-state index is 13.1. The summed E-state index contributed by atoms with van der Waals surface area (Å²) in [7, 11) is -3.38. The van der Waals surface area contributed by atoms with E-state index in [4.69, 9.17) is 0 Å². The molecule has 1 heterocycles. The van der Waals surface area contributed by atoms with E-state index in [1.54, 1.807) is 19.1 Å². The Morgan fingerprint density at radius 2 is 1.79 bits per heavy atom. The Morgan fingerprint density at radius 1 is 1.15 bits per heavy atom. The lowest BCUT2D eigenvalue weighted by Crippen LogP contribution is -2.36. The van der Waals surface area contributed by atoms with E-state index in [0.717, 1.165) is 24.6 Å². The molecule has 0 bridgehead atoms. The molecule has 0 saturated heterocycles. The van der Waals surface area contributed by atoms with Crippen LogP contribution >= 0.6 is 0 Å². The van der Waals surface area contributed by atoms with Crippen LogP contribution in [0.1, 0.15) is 48.9 Å². The molecule has 0 spiro atoms. The number of halogens is 3. The third-order valence-electron chi connectivity index (χ3n) is 5.56. The molecule has 6 nitrogen and oxygen atoms in total. The predicted molar refractivity (Wildman–Crippen MR) is 121 cm³/mol. The first-order chi connectivity index (χ1) is 15.8. The molecule has 10 heteroatoms. The first kappa shape index (κ1) is 25.4. The molecule has 1 N–H and O–H groups in total. The molecule has 2 aromatic carbocycles. The van der Waals surface area contributed by atoms with Gasteiger partial charge in [-0.3, -0.25) is 14.6 Å². The number of ketones is 1. The fourth-order valence-corrected chi connectivity index (χ4v) is 4.34. The van der Waals surface area contributed by atoms with Gasteiger partial charge in [-0.25, -0.2) is 8.42 Å². The van der Waals surface area contributed by atoms with Crippen LogP contribution in [0.4, 0.5) is 13.2 Å². The van der Waals surface area contributed by atoms with E-state index in [2.05, 4.69) is 10.3 Å². The molecule has 1 amide bonds. The molecule has 180 valence electrons. The van der Waals surface area contributed by atoms with E-state index in [0.29, 0.717) is 12.0 Å². The van der Waals surface area contributed by atoms with E-state index in [1.165, 1.54) is 31.2 Å². The van der Waals surface area contributed by atoms with Crippen LogP contribution in [-0.4, -0.2) is 32.1 Å². The fraction of sp³-hybridized carbons (Fsp3) is 0.292. The van der Waals surface area contributed by atoms with Gasteiger partial charge in [-0.1, -0.05) is 37.3 Å². The minimum atomic E-state index is -4.57. The van der Waals surface area contributed by atoms with Gasteiger partial charge in [-0.15, -0.1) is 0 Å². The second kappa shape index (κ2) is 9.54. The van der Waals surface area contributed by atoms with Gasteiger partial charge in [0.05, 0.1) is 22.4 Å². The van der Waals surface area contributed by atoms with Gasteiger partial charge in [-0.05, 0) is 42.7 Å². The Morgan fingerprint density at radius 3 is 2.35 bits per heavy atom. The highest BCUT2D eigenvalue weighted by Crippen LogP contribution is 2.33. The normalized spacial score (nSPS) is 17.6. The van der Waals surface area contributed by atoms with Crippen molar-refractivity contribution in [3.05, 3.63) is 77.0 Å². The number of rotatable bonds is 6. The maximum atomic E-state index is 13.1. The molecule has 1 aliphatic heterocycles. The van der Waals surface area contributed by atoms with Crippen molar-refractivity contribution in [3.63, 3.8) is 0 Å². The van der Waals surface area contributed by atoms with Crippen molar-refractivity contribution in [3.8, 4) is 0 Å². The number of hydrogen-bond donors (Lipinski definition) is 1. The van der Waals surface area contributed by atoms with Crippen LogP contribution in [0.5, 0.6) is 0 Å². The van der Waals surface area contributed by atoms with Gasteiger partial charge in [-0.2, -0.15) is 13.2 Å². The van der Waals surface area contributed by atoms with Crippen molar-refractivity contribution < 1.29 is 31.2 Å². The van der Waals surface area contributed by atoms with Crippen LogP contribution in [0.3, 0.4) is 0 Å². The molecule has 0 saturated carbocycles. The first-order valence-corrected chi connectivity index (χ1v) is 12.3. The SMILES string of the molecule is CCC(NC(=O)C1=CN=C(C)C(c2cccc(C(F)(F)F)c2)C1=O)c1ccc(S(C)(=O)=O)cc1. The minimum absolute atomic E-state index is 0.0999. The molecule has 0 fully saturated rings. The molecule has 3 rings (SSSR count). The second-order valence-corrected chi connectivity index (χ2v) is 10.0. The van der Waals surface area contributed by atoms with Crippen LogP contribution in [0.2, 0.25) is 0 Å². The highest BCUT2D eigenvalue weighted by Gasteiger charge is 2.36. The number of nitrogens with one attached hydrogen (secondary N) is 1. The van der Waals surface area contributed by atoms with Gasteiger partial charge in [0.25, 0.3) is 5.91 Å². The van der Waals surface area contributed by atoms with Crippen molar-refractivity contribution >= 4 is 27.2 Å². The van der Waals surface area contributed by atoms with Crippen molar-refractivity contribution in [1.29, 1.82) is 0 Å². The summed E-state index contributed by atoms with van der Waals surface area (Å²) in [6.45, 7) is 3.33. The van der Waals surface area contributed by atoms with Crippen LogP contribution in [0.15, 0.2) is 70.2 Å². The fourth-order valence-electron chi connectivity index (χ4n) is 3.71. The molecular formula is C24H23F3N2O4S. The standard InChI is InChI=1S/C24H23F3N2O4S/c1-4-20(15-8-10-18(11-9-15)34(3,32)33)29-23(31)19-13-28-14(2)21(22(19)30)16-6-5-7-17(12-16)24(25,26)27/h5-13,20-21H,4H2,1-3H3,(H,29,31). The van der Waals surface area contributed by atoms with E-state index < -0.39 is 45.2 Å². The van der Waals surface area contributed by atoms with Gasteiger partial charge in [0, 0.05) is 18.2 Å². The number of amides is 1. The summed E-state index contributed by atoms with van der Waals surface area (Å²) in [5, 5.41) is 2.74. The third kappa shape index (κ3) is 5.44. The van der Waals surface area contributed by atoms with Crippen molar-refractivity contribution in [2.45, 2.75) is 43.3 Å². The second-order valence-electron chi connectivity index (χ2n) is 8.01. The summed E-state index contributed by atoms with van der Waals surface area (Å²) in [6.07, 6.45) is -1.91. The Bertz CT molecular complexity index is 1280. The molecule has 34 heavy (non-hydrogen) atoms. The van der Waals surface area contributed by atoms with Gasteiger partial charge in [0.15, 0.2) is 15.6 Å². The quantitative estimate of drug-likeness (QED) is 0.606. The third-order valence-corrected chi connectivity index (χ3v) is 6.69. The lowest BCUT2D eigenvalue weighted by molar-refractivity contribution is -0.137. The Balaban J connectivity index is 1.84. The molecule has 0 radical (unpaired) electrons. The molecule has 2 atom stereocenters. The zero-order valence-corrected chi connectivity index (χ0v) is 19.5. The smallest absolute Gasteiger partial charge is 0.345 e. The zero-order chi connectivity index (χ0) is 25.3. The number of sulfone groups is 1. The van der Waals surface area contributed by atoms with Crippen molar-refractivity contribution in [1.82, 2.24) is 5.32 Å². The summed E-state index contributed by atoms with van der Waals surface area (Å²) >= 11 is 0. The van der Waals surface area contributed by atoms with Crippen molar-refractivity contribution in [2.75, 3.05) is 6.26 Å². The number of hydrogen-bond acceptors (Lipinski definition) is 5. The molecule has 0 aromatic heterocycles. The van der Waals surface area contributed by atoms with E-state index >= 15 is 0 Å². The number of carbonyl (C=O) groups is 2. The lowest BCUT2D eigenvalue weighted by atomic mass is 9.84. The van der Waals surface area contributed by atoms with Gasteiger partial charge < -0.3 is 5.32 Å². The number of carbonyl (C=O) groups excluding carboxylic acids is 2. The van der Waals surface area contributed by atoms with Gasteiger partial charge >= 0.3 is 6.18 Å². The highest BCUT2D eigenvalue weighted by molar-refractivity contribution is 7.90. The first-order valence-electron chi connectivity index (χ1n) is 10.4. The number of alkyl halides is 3. The molecule has 0 aliphatic carbocycles. The zero-order valence-electron chi connectivity index (χ0n) is 18.7.